The van der Waals surface area contributed by atoms with E-state index in [-0.39, 0.29) is 23.8 Å². The molecule has 0 heterocycles. The lowest BCUT2D eigenvalue weighted by Gasteiger charge is -2.23. The van der Waals surface area contributed by atoms with Gasteiger partial charge in [0, 0.05) is 18.2 Å². The summed E-state index contributed by atoms with van der Waals surface area (Å²) in [6, 6.07) is 5.30. The van der Waals surface area contributed by atoms with Gasteiger partial charge in [0.2, 0.25) is 0 Å². The first kappa shape index (κ1) is 13.0. The Kier molecular flexibility index (Phi) is 3.94. The second-order valence-corrected chi connectivity index (χ2v) is 5.11. The van der Waals surface area contributed by atoms with Gasteiger partial charge in [0.25, 0.3) is 0 Å². The lowest BCUT2D eigenvalue weighted by Crippen LogP contribution is -2.16. The SMILES string of the molecule is CC(C)(C)c1cccc(C(N)CCO)c1O. The van der Waals surface area contributed by atoms with Crippen molar-refractivity contribution in [1.82, 2.24) is 0 Å². The van der Waals surface area contributed by atoms with Gasteiger partial charge >= 0.3 is 0 Å². The molecule has 1 rings (SSSR count). The number of aromatic hydroxyl groups is 1. The van der Waals surface area contributed by atoms with Gasteiger partial charge in [-0.2, -0.15) is 0 Å². The zero-order valence-electron chi connectivity index (χ0n) is 10.2. The molecule has 1 aromatic rings. The first-order chi connectivity index (χ1) is 7.38. The summed E-state index contributed by atoms with van der Waals surface area (Å²) >= 11 is 0. The van der Waals surface area contributed by atoms with Crippen molar-refractivity contribution in [2.24, 2.45) is 5.73 Å². The van der Waals surface area contributed by atoms with Crippen LogP contribution in [-0.4, -0.2) is 16.8 Å². The molecule has 16 heavy (non-hydrogen) atoms. The molecule has 0 amide bonds. The largest absolute Gasteiger partial charge is 0.507 e. The molecule has 1 aromatic carbocycles. The second kappa shape index (κ2) is 4.85. The number of rotatable bonds is 3. The maximum absolute atomic E-state index is 10.2. The van der Waals surface area contributed by atoms with Crippen LogP contribution >= 0.6 is 0 Å². The molecule has 0 saturated heterocycles. The zero-order valence-corrected chi connectivity index (χ0v) is 10.2. The molecule has 0 fully saturated rings. The number of phenolic OH excluding ortho intramolecular Hbond substituents is 1. The van der Waals surface area contributed by atoms with E-state index >= 15 is 0 Å². The van der Waals surface area contributed by atoms with Crippen LogP contribution in [-0.2, 0) is 5.41 Å². The maximum Gasteiger partial charge on any atom is 0.124 e. The Hall–Kier alpha value is -1.06. The van der Waals surface area contributed by atoms with Gasteiger partial charge in [0.05, 0.1) is 0 Å². The quantitative estimate of drug-likeness (QED) is 0.735. The number of nitrogens with two attached hydrogens (primary N) is 1. The molecule has 0 aliphatic carbocycles. The topological polar surface area (TPSA) is 66.5 Å². The van der Waals surface area contributed by atoms with E-state index in [0.29, 0.717) is 12.0 Å². The molecule has 0 spiro atoms. The molecule has 3 nitrogen and oxygen atoms in total. The molecule has 0 aromatic heterocycles. The van der Waals surface area contributed by atoms with E-state index < -0.39 is 0 Å². The van der Waals surface area contributed by atoms with Crippen LogP contribution in [0.2, 0.25) is 0 Å². The molecule has 0 aliphatic heterocycles. The molecule has 0 radical (unpaired) electrons. The van der Waals surface area contributed by atoms with Crippen molar-refractivity contribution >= 4 is 0 Å². The average molecular weight is 223 g/mol. The number of aliphatic hydroxyl groups excluding tert-OH is 1. The van der Waals surface area contributed by atoms with Crippen molar-refractivity contribution in [2.45, 2.75) is 38.6 Å². The predicted octanol–water partition coefficient (Wildman–Crippen LogP) is 2.07. The van der Waals surface area contributed by atoms with E-state index in [1.807, 2.05) is 39.0 Å². The molecular weight excluding hydrogens is 202 g/mol. The van der Waals surface area contributed by atoms with E-state index in [0.717, 1.165) is 5.56 Å². The fraction of sp³-hybridized carbons (Fsp3) is 0.538. The highest BCUT2D eigenvalue weighted by Gasteiger charge is 2.21. The molecule has 3 heteroatoms. The third-order valence-corrected chi connectivity index (χ3v) is 2.71. The van der Waals surface area contributed by atoms with Crippen molar-refractivity contribution in [3.8, 4) is 5.75 Å². The smallest absolute Gasteiger partial charge is 0.124 e. The van der Waals surface area contributed by atoms with Gasteiger partial charge in [-0.25, -0.2) is 0 Å². The molecule has 90 valence electrons. The van der Waals surface area contributed by atoms with Crippen molar-refractivity contribution < 1.29 is 10.2 Å². The summed E-state index contributed by atoms with van der Waals surface area (Å²) in [5, 5.41) is 19.0. The summed E-state index contributed by atoms with van der Waals surface area (Å²) < 4.78 is 0. The Morgan fingerprint density at radius 1 is 1.31 bits per heavy atom. The lowest BCUT2D eigenvalue weighted by atomic mass is 9.84. The highest BCUT2D eigenvalue weighted by atomic mass is 16.3. The first-order valence-corrected chi connectivity index (χ1v) is 5.56. The monoisotopic (exact) mass is 223 g/mol. The van der Waals surface area contributed by atoms with Gasteiger partial charge in [-0.1, -0.05) is 39.0 Å². The molecule has 0 aliphatic rings. The Labute approximate surface area is 96.9 Å². The fourth-order valence-electron chi connectivity index (χ4n) is 1.76. The van der Waals surface area contributed by atoms with E-state index in [2.05, 4.69) is 0 Å². The van der Waals surface area contributed by atoms with Gasteiger partial charge in [-0.3, -0.25) is 0 Å². The number of phenols is 1. The van der Waals surface area contributed by atoms with Crippen molar-refractivity contribution in [2.75, 3.05) is 6.61 Å². The van der Waals surface area contributed by atoms with Gasteiger partial charge in [0.15, 0.2) is 0 Å². The fourth-order valence-corrected chi connectivity index (χ4v) is 1.76. The summed E-state index contributed by atoms with van der Waals surface area (Å²) in [5.74, 6) is 0.260. The number of hydrogen-bond donors (Lipinski definition) is 3. The van der Waals surface area contributed by atoms with Gasteiger partial charge in [-0.15, -0.1) is 0 Å². The standard InChI is InChI=1S/C13H21NO2/c1-13(2,3)10-6-4-5-9(12(10)16)11(14)7-8-15/h4-6,11,15-16H,7-8,14H2,1-3H3. The molecule has 0 bridgehead atoms. The number of aliphatic hydroxyl groups is 1. The predicted molar refractivity (Wildman–Crippen MR) is 65.4 cm³/mol. The molecule has 0 saturated carbocycles. The Morgan fingerprint density at radius 2 is 1.94 bits per heavy atom. The first-order valence-electron chi connectivity index (χ1n) is 5.56. The zero-order chi connectivity index (χ0) is 12.3. The molecule has 1 unspecified atom stereocenters. The summed E-state index contributed by atoms with van der Waals surface area (Å²) in [6.45, 7) is 6.16. The van der Waals surface area contributed by atoms with Crippen LogP contribution in [0, 0.1) is 0 Å². The Bertz CT molecular complexity index is 355. The van der Waals surface area contributed by atoms with Crippen molar-refractivity contribution in [1.29, 1.82) is 0 Å². The van der Waals surface area contributed by atoms with E-state index in [1.54, 1.807) is 0 Å². The van der Waals surface area contributed by atoms with Crippen LogP contribution in [0.4, 0.5) is 0 Å². The molecular formula is C13H21NO2. The van der Waals surface area contributed by atoms with Crippen LogP contribution in [0.1, 0.15) is 44.4 Å². The lowest BCUT2D eigenvalue weighted by molar-refractivity contribution is 0.275. The molecule has 4 N–H and O–H groups in total. The minimum Gasteiger partial charge on any atom is -0.507 e. The van der Waals surface area contributed by atoms with Crippen molar-refractivity contribution in [3.05, 3.63) is 29.3 Å². The van der Waals surface area contributed by atoms with Crippen LogP contribution in [0.25, 0.3) is 0 Å². The van der Waals surface area contributed by atoms with Crippen LogP contribution < -0.4 is 5.73 Å². The van der Waals surface area contributed by atoms with Crippen LogP contribution in [0.3, 0.4) is 0 Å². The number of hydrogen-bond acceptors (Lipinski definition) is 3. The summed E-state index contributed by atoms with van der Waals surface area (Å²) in [5.41, 5.74) is 7.38. The average Bonchev–Trinajstić information content (AvgIpc) is 2.16. The normalized spacial score (nSPS) is 13.8. The third kappa shape index (κ3) is 2.74. The van der Waals surface area contributed by atoms with Crippen LogP contribution in [0.15, 0.2) is 18.2 Å². The third-order valence-electron chi connectivity index (χ3n) is 2.71. The second-order valence-electron chi connectivity index (χ2n) is 5.11. The van der Waals surface area contributed by atoms with Crippen LogP contribution in [0.5, 0.6) is 5.75 Å². The summed E-state index contributed by atoms with van der Waals surface area (Å²) in [4.78, 5) is 0. The summed E-state index contributed by atoms with van der Waals surface area (Å²) in [7, 11) is 0. The van der Waals surface area contributed by atoms with Crippen molar-refractivity contribution in [3.63, 3.8) is 0 Å². The minimum atomic E-state index is -0.313. The Morgan fingerprint density at radius 3 is 2.44 bits per heavy atom. The Balaban J connectivity index is 3.14. The van der Waals surface area contributed by atoms with Gasteiger partial charge < -0.3 is 15.9 Å². The molecule has 1 atom stereocenters. The van der Waals surface area contributed by atoms with Gasteiger partial charge in [0.1, 0.15) is 5.75 Å². The minimum absolute atomic E-state index is 0.0281. The highest BCUT2D eigenvalue weighted by molar-refractivity contribution is 5.45. The summed E-state index contributed by atoms with van der Waals surface area (Å²) in [6.07, 6.45) is 0.459. The number of benzene rings is 1. The number of para-hydroxylation sites is 1. The van der Waals surface area contributed by atoms with Gasteiger partial charge in [-0.05, 0) is 17.4 Å². The highest BCUT2D eigenvalue weighted by Crippen LogP contribution is 2.35. The van der Waals surface area contributed by atoms with E-state index in [9.17, 15) is 5.11 Å². The van der Waals surface area contributed by atoms with E-state index in [1.165, 1.54) is 0 Å². The van der Waals surface area contributed by atoms with E-state index in [4.69, 9.17) is 10.8 Å². The maximum atomic E-state index is 10.2.